The molecule has 20 heavy (non-hydrogen) atoms. The van der Waals surface area contributed by atoms with Crippen molar-refractivity contribution in [2.24, 2.45) is 0 Å². The summed E-state index contributed by atoms with van der Waals surface area (Å²) in [6.07, 6.45) is 6.42. The highest BCUT2D eigenvalue weighted by molar-refractivity contribution is 5.69. The minimum absolute atomic E-state index is 0.353. The fourth-order valence-electron chi connectivity index (χ4n) is 2.24. The first-order valence-electron chi connectivity index (χ1n) is 7.14. The third-order valence-corrected chi connectivity index (χ3v) is 3.15. The molecule has 0 amide bonds. The van der Waals surface area contributed by atoms with Crippen LogP contribution < -0.4 is 5.32 Å². The van der Waals surface area contributed by atoms with E-state index in [0.29, 0.717) is 5.92 Å². The van der Waals surface area contributed by atoms with E-state index in [-0.39, 0.29) is 0 Å². The van der Waals surface area contributed by atoms with Gasteiger partial charge in [-0.1, -0.05) is 20.8 Å². The maximum Gasteiger partial charge on any atom is 0.133 e. The Kier molecular flexibility index (Phi) is 4.66. The van der Waals surface area contributed by atoms with Gasteiger partial charge >= 0.3 is 0 Å². The van der Waals surface area contributed by atoms with Crippen molar-refractivity contribution >= 4 is 5.82 Å². The number of pyridine rings is 1. The molecule has 0 unspecified atom stereocenters. The summed E-state index contributed by atoms with van der Waals surface area (Å²) in [5, 5.41) is 3.40. The SMILES string of the molecule is CCCNc1ncnc(-c2cncc(C)c2)c1C(C)C. The predicted octanol–water partition coefficient (Wildman–Crippen LogP) is 3.79. The van der Waals surface area contributed by atoms with Crippen molar-refractivity contribution in [1.82, 2.24) is 15.0 Å². The molecule has 2 heterocycles. The quantitative estimate of drug-likeness (QED) is 0.898. The zero-order chi connectivity index (χ0) is 14.5. The fourth-order valence-corrected chi connectivity index (χ4v) is 2.24. The van der Waals surface area contributed by atoms with Gasteiger partial charge in [-0.15, -0.1) is 0 Å². The first kappa shape index (κ1) is 14.4. The highest BCUT2D eigenvalue weighted by Crippen LogP contribution is 2.31. The van der Waals surface area contributed by atoms with E-state index in [2.05, 4.69) is 47.1 Å². The van der Waals surface area contributed by atoms with E-state index in [1.807, 2.05) is 19.3 Å². The first-order valence-corrected chi connectivity index (χ1v) is 7.14. The van der Waals surface area contributed by atoms with Gasteiger partial charge in [-0.2, -0.15) is 0 Å². The van der Waals surface area contributed by atoms with Crippen molar-refractivity contribution in [3.8, 4) is 11.3 Å². The molecule has 0 saturated heterocycles. The smallest absolute Gasteiger partial charge is 0.133 e. The van der Waals surface area contributed by atoms with Crippen LogP contribution in [0.15, 0.2) is 24.8 Å². The highest BCUT2D eigenvalue weighted by Gasteiger charge is 2.16. The van der Waals surface area contributed by atoms with Crippen LogP contribution in [0.4, 0.5) is 5.82 Å². The Labute approximate surface area is 120 Å². The number of anilines is 1. The van der Waals surface area contributed by atoms with Crippen LogP contribution in [0.25, 0.3) is 11.3 Å². The van der Waals surface area contributed by atoms with Gasteiger partial charge in [-0.25, -0.2) is 9.97 Å². The summed E-state index contributed by atoms with van der Waals surface area (Å²) >= 11 is 0. The van der Waals surface area contributed by atoms with Gasteiger partial charge in [0.1, 0.15) is 12.1 Å². The number of hydrogen-bond acceptors (Lipinski definition) is 4. The number of hydrogen-bond donors (Lipinski definition) is 1. The summed E-state index contributed by atoms with van der Waals surface area (Å²) < 4.78 is 0. The average molecular weight is 270 g/mol. The lowest BCUT2D eigenvalue weighted by Crippen LogP contribution is -2.09. The summed E-state index contributed by atoms with van der Waals surface area (Å²) in [6.45, 7) is 9.45. The van der Waals surface area contributed by atoms with E-state index in [9.17, 15) is 0 Å². The molecule has 0 aliphatic carbocycles. The minimum atomic E-state index is 0.353. The molecule has 4 heteroatoms. The second kappa shape index (κ2) is 6.46. The Balaban J connectivity index is 2.52. The van der Waals surface area contributed by atoms with Crippen molar-refractivity contribution in [3.05, 3.63) is 35.9 Å². The molecule has 0 aromatic carbocycles. The van der Waals surface area contributed by atoms with Gasteiger partial charge in [-0.05, 0) is 30.9 Å². The molecule has 0 atom stereocenters. The molecule has 106 valence electrons. The Morgan fingerprint density at radius 3 is 2.65 bits per heavy atom. The molecular formula is C16H22N4. The molecule has 0 saturated carbocycles. The van der Waals surface area contributed by atoms with Crippen molar-refractivity contribution in [2.45, 2.75) is 40.0 Å². The van der Waals surface area contributed by atoms with E-state index in [1.54, 1.807) is 6.33 Å². The Bertz CT molecular complexity index is 578. The van der Waals surface area contributed by atoms with Crippen molar-refractivity contribution < 1.29 is 0 Å². The molecule has 0 bridgehead atoms. The minimum Gasteiger partial charge on any atom is -0.370 e. The molecule has 2 aromatic rings. The number of aryl methyl sites for hydroxylation is 1. The lowest BCUT2D eigenvalue weighted by atomic mass is 9.97. The summed E-state index contributed by atoms with van der Waals surface area (Å²) in [5.41, 5.74) is 4.33. The summed E-state index contributed by atoms with van der Waals surface area (Å²) in [5.74, 6) is 1.29. The van der Waals surface area contributed by atoms with Crippen LogP contribution in [0.5, 0.6) is 0 Å². The van der Waals surface area contributed by atoms with Crippen LogP contribution in [-0.2, 0) is 0 Å². The van der Waals surface area contributed by atoms with Gasteiger partial charge in [0.15, 0.2) is 0 Å². The van der Waals surface area contributed by atoms with Crippen LogP contribution in [0.3, 0.4) is 0 Å². The van der Waals surface area contributed by atoms with Gasteiger partial charge in [0, 0.05) is 30.1 Å². The summed E-state index contributed by atoms with van der Waals surface area (Å²) in [7, 11) is 0. The lowest BCUT2D eigenvalue weighted by Gasteiger charge is -2.17. The number of aromatic nitrogens is 3. The molecule has 0 radical (unpaired) electrons. The maximum absolute atomic E-state index is 4.49. The standard InChI is InChI=1S/C16H22N4/c1-5-6-18-16-14(11(2)3)15(19-10-20-16)13-7-12(4)8-17-9-13/h7-11H,5-6H2,1-4H3,(H,18,19,20). The lowest BCUT2D eigenvalue weighted by molar-refractivity contribution is 0.843. The van der Waals surface area contributed by atoms with E-state index in [1.165, 1.54) is 0 Å². The number of nitrogens with one attached hydrogen (secondary N) is 1. The normalized spacial score (nSPS) is 10.8. The molecule has 2 aromatic heterocycles. The maximum atomic E-state index is 4.49. The van der Waals surface area contributed by atoms with Gasteiger partial charge in [0.25, 0.3) is 0 Å². The molecule has 0 aliphatic heterocycles. The molecule has 0 aliphatic rings. The molecule has 0 spiro atoms. The van der Waals surface area contributed by atoms with Crippen LogP contribution in [0.1, 0.15) is 44.2 Å². The zero-order valence-electron chi connectivity index (χ0n) is 12.6. The Hall–Kier alpha value is -1.97. The summed E-state index contributed by atoms with van der Waals surface area (Å²) in [6, 6.07) is 2.12. The topological polar surface area (TPSA) is 50.7 Å². The molecule has 1 N–H and O–H groups in total. The van der Waals surface area contributed by atoms with Crippen LogP contribution in [-0.4, -0.2) is 21.5 Å². The predicted molar refractivity (Wildman–Crippen MR) is 82.9 cm³/mol. The van der Waals surface area contributed by atoms with Crippen LogP contribution in [0.2, 0.25) is 0 Å². The Morgan fingerprint density at radius 1 is 1.20 bits per heavy atom. The van der Waals surface area contributed by atoms with Gasteiger partial charge in [0.2, 0.25) is 0 Å². The van der Waals surface area contributed by atoms with Crippen LogP contribution in [0, 0.1) is 6.92 Å². The van der Waals surface area contributed by atoms with Crippen LogP contribution >= 0.6 is 0 Å². The molecule has 2 rings (SSSR count). The largest absolute Gasteiger partial charge is 0.370 e. The third kappa shape index (κ3) is 3.13. The van der Waals surface area contributed by atoms with Gasteiger partial charge < -0.3 is 5.32 Å². The number of rotatable bonds is 5. The van der Waals surface area contributed by atoms with Crippen molar-refractivity contribution in [2.75, 3.05) is 11.9 Å². The highest BCUT2D eigenvalue weighted by atomic mass is 15.0. The summed E-state index contributed by atoms with van der Waals surface area (Å²) in [4.78, 5) is 13.2. The third-order valence-electron chi connectivity index (χ3n) is 3.15. The van der Waals surface area contributed by atoms with Crippen molar-refractivity contribution in [3.63, 3.8) is 0 Å². The molecule has 4 nitrogen and oxygen atoms in total. The fraction of sp³-hybridized carbons (Fsp3) is 0.438. The van der Waals surface area contributed by atoms with E-state index in [0.717, 1.165) is 41.2 Å². The van der Waals surface area contributed by atoms with E-state index < -0.39 is 0 Å². The van der Waals surface area contributed by atoms with E-state index >= 15 is 0 Å². The van der Waals surface area contributed by atoms with Gasteiger partial charge in [0.05, 0.1) is 5.69 Å². The van der Waals surface area contributed by atoms with Gasteiger partial charge in [-0.3, -0.25) is 4.98 Å². The molecule has 0 fully saturated rings. The van der Waals surface area contributed by atoms with E-state index in [4.69, 9.17) is 0 Å². The monoisotopic (exact) mass is 270 g/mol. The zero-order valence-corrected chi connectivity index (χ0v) is 12.6. The second-order valence-electron chi connectivity index (χ2n) is 5.32. The number of nitrogens with zero attached hydrogens (tertiary/aromatic N) is 3. The average Bonchev–Trinajstić information content (AvgIpc) is 2.44. The first-order chi connectivity index (χ1) is 9.63. The second-order valence-corrected chi connectivity index (χ2v) is 5.32. The molecular weight excluding hydrogens is 248 g/mol. The van der Waals surface area contributed by atoms with Crippen molar-refractivity contribution in [1.29, 1.82) is 0 Å². The Morgan fingerprint density at radius 2 is 2.00 bits per heavy atom.